The van der Waals surface area contributed by atoms with Crippen LogP contribution in [0.2, 0.25) is 0 Å². The number of nitrogens with one attached hydrogen (secondary N) is 1. The highest BCUT2D eigenvalue weighted by molar-refractivity contribution is 9.10. The lowest BCUT2D eigenvalue weighted by atomic mass is 9.77. The minimum absolute atomic E-state index is 0.271. The van der Waals surface area contributed by atoms with Gasteiger partial charge in [0.1, 0.15) is 11.5 Å². The first-order valence-electron chi connectivity index (χ1n) is 8.16. The standard InChI is InChI=1S/C20H20BrNO2/c1-23-14-10-17-15-4-3-5-16(15)19(12-6-8-13(21)9-7-12)22-20(17)18(11-14)24-2/h3-4,6-11,15-16,19,22H,5H2,1-2H3/t15-,16-,19-/m1/s1. The number of anilines is 1. The van der Waals surface area contributed by atoms with Crippen LogP contribution in [0.4, 0.5) is 5.69 Å². The predicted molar refractivity (Wildman–Crippen MR) is 100 cm³/mol. The maximum Gasteiger partial charge on any atom is 0.145 e. The molecule has 0 saturated carbocycles. The average Bonchev–Trinajstić information content (AvgIpc) is 3.11. The number of hydrogen-bond donors (Lipinski definition) is 1. The van der Waals surface area contributed by atoms with Gasteiger partial charge in [0.05, 0.1) is 25.9 Å². The van der Waals surface area contributed by atoms with Gasteiger partial charge >= 0.3 is 0 Å². The Hall–Kier alpha value is -1.94. The molecule has 0 unspecified atom stereocenters. The summed E-state index contributed by atoms with van der Waals surface area (Å²) in [6.45, 7) is 0. The van der Waals surface area contributed by atoms with E-state index in [1.54, 1.807) is 14.2 Å². The van der Waals surface area contributed by atoms with E-state index in [4.69, 9.17) is 9.47 Å². The number of hydrogen-bond acceptors (Lipinski definition) is 3. The number of benzene rings is 2. The summed E-state index contributed by atoms with van der Waals surface area (Å²) in [5.74, 6) is 2.58. The molecule has 4 rings (SSSR count). The molecule has 0 fully saturated rings. The van der Waals surface area contributed by atoms with E-state index in [2.05, 4.69) is 63.7 Å². The van der Waals surface area contributed by atoms with Crippen molar-refractivity contribution in [3.8, 4) is 11.5 Å². The molecular formula is C20H20BrNO2. The summed E-state index contributed by atoms with van der Waals surface area (Å²) in [6, 6.07) is 13.0. The fourth-order valence-electron chi connectivity index (χ4n) is 3.92. The fourth-order valence-corrected chi connectivity index (χ4v) is 4.18. The van der Waals surface area contributed by atoms with Gasteiger partial charge in [0, 0.05) is 16.5 Å². The van der Waals surface area contributed by atoms with Crippen LogP contribution < -0.4 is 14.8 Å². The van der Waals surface area contributed by atoms with Gasteiger partial charge in [-0.15, -0.1) is 0 Å². The predicted octanol–water partition coefficient (Wildman–Crippen LogP) is 5.29. The van der Waals surface area contributed by atoms with Crippen molar-refractivity contribution in [2.45, 2.75) is 18.4 Å². The summed E-state index contributed by atoms with van der Waals surface area (Å²) in [4.78, 5) is 0. The van der Waals surface area contributed by atoms with Gasteiger partial charge < -0.3 is 14.8 Å². The van der Waals surface area contributed by atoms with E-state index in [1.165, 1.54) is 11.1 Å². The monoisotopic (exact) mass is 385 g/mol. The van der Waals surface area contributed by atoms with Crippen LogP contribution in [0.1, 0.15) is 29.5 Å². The Kier molecular flexibility index (Phi) is 4.01. The zero-order valence-corrected chi connectivity index (χ0v) is 15.3. The number of rotatable bonds is 3. The van der Waals surface area contributed by atoms with E-state index in [-0.39, 0.29) is 6.04 Å². The van der Waals surface area contributed by atoms with Crippen molar-refractivity contribution in [3.05, 3.63) is 64.1 Å². The van der Waals surface area contributed by atoms with E-state index in [9.17, 15) is 0 Å². The Morgan fingerprint density at radius 1 is 1.08 bits per heavy atom. The van der Waals surface area contributed by atoms with Crippen molar-refractivity contribution < 1.29 is 9.47 Å². The van der Waals surface area contributed by atoms with Gasteiger partial charge in [-0.2, -0.15) is 0 Å². The lowest BCUT2D eigenvalue weighted by Crippen LogP contribution is -2.29. The van der Waals surface area contributed by atoms with Gasteiger partial charge in [-0.25, -0.2) is 0 Å². The summed E-state index contributed by atoms with van der Waals surface area (Å²) in [7, 11) is 3.41. The minimum Gasteiger partial charge on any atom is -0.497 e. The van der Waals surface area contributed by atoms with Crippen LogP contribution in [0, 0.1) is 5.92 Å². The lowest BCUT2D eigenvalue weighted by Gasteiger charge is -2.38. The average molecular weight is 386 g/mol. The first kappa shape index (κ1) is 15.6. The zero-order chi connectivity index (χ0) is 16.7. The highest BCUT2D eigenvalue weighted by Crippen LogP contribution is 2.53. The minimum atomic E-state index is 0.271. The molecule has 3 nitrogen and oxygen atoms in total. The highest BCUT2D eigenvalue weighted by atomic mass is 79.9. The van der Waals surface area contributed by atoms with Crippen molar-refractivity contribution in [2.75, 3.05) is 19.5 Å². The largest absolute Gasteiger partial charge is 0.497 e. The maximum atomic E-state index is 5.63. The van der Waals surface area contributed by atoms with E-state index in [1.807, 2.05) is 6.07 Å². The molecule has 24 heavy (non-hydrogen) atoms. The summed E-state index contributed by atoms with van der Waals surface area (Å²) in [5.41, 5.74) is 3.65. The molecule has 4 heteroatoms. The molecule has 0 bridgehead atoms. The molecule has 124 valence electrons. The Labute approximate surface area is 150 Å². The third-order valence-electron chi connectivity index (χ3n) is 5.09. The van der Waals surface area contributed by atoms with Crippen molar-refractivity contribution >= 4 is 21.6 Å². The quantitative estimate of drug-likeness (QED) is 0.727. The second-order valence-electron chi connectivity index (χ2n) is 6.32. The van der Waals surface area contributed by atoms with Gasteiger partial charge in [0.15, 0.2) is 0 Å². The molecule has 2 aromatic rings. The molecule has 0 amide bonds. The SMILES string of the molecule is COc1cc(OC)c2c(c1)[C@@H]1C=CC[C@H]1[C@@H](c1ccc(Br)cc1)N2. The molecular weight excluding hydrogens is 366 g/mol. The molecule has 0 aromatic heterocycles. The molecule has 2 aliphatic rings. The van der Waals surface area contributed by atoms with Gasteiger partial charge in [-0.05, 0) is 41.7 Å². The number of fused-ring (bicyclic) bond motifs is 3. The van der Waals surface area contributed by atoms with Crippen LogP contribution in [0.15, 0.2) is 53.0 Å². The van der Waals surface area contributed by atoms with E-state index < -0.39 is 0 Å². The Morgan fingerprint density at radius 2 is 1.88 bits per heavy atom. The van der Waals surface area contributed by atoms with Crippen LogP contribution in [-0.4, -0.2) is 14.2 Å². The van der Waals surface area contributed by atoms with Crippen molar-refractivity contribution in [3.63, 3.8) is 0 Å². The molecule has 1 heterocycles. The normalized spacial score (nSPS) is 24.0. The number of allylic oxidation sites excluding steroid dienone is 2. The van der Waals surface area contributed by atoms with Crippen molar-refractivity contribution in [1.29, 1.82) is 0 Å². The molecule has 1 aliphatic heterocycles. The van der Waals surface area contributed by atoms with Crippen LogP contribution >= 0.6 is 15.9 Å². The molecule has 0 spiro atoms. The van der Waals surface area contributed by atoms with Crippen molar-refractivity contribution in [1.82, 2.24) is 0 Å². The molecule has 0 radical (unpaired) electrons. The van der Waals surface area contributed by atoms with Crippen LogP contribution in [0.5, 0.6) is 11.5 Å². The summed E-state index contributed by atoms with van der Waals surface area (Å²) in [6.07, 6.45) is 5.70. The van der Waals surface area contributed by atoms with Gasteiger partial charge in [0.25, 0.3) is 0 Å². The first-order valence-corrected chi connectivity index (χ1v) is 8.95. The van der Waals surface area contributed by atoms with E-state index in [0.717, 1.165) is 28.1 Å². The van der Waals surface area contributed by atoms with Crippen molar-refractivity contribution in [2.24, 2.45) is 5.92 Å². The van der Waals surface area contributed by atoms with Gasteiger partial charge in [-0.1, -0.05) is 40.2 Å². The zero-order valence-electron chi connectivity index (χ0n) is 13.8. The second kappa shape index (κ2) is 6.17. The Bertz CT molecular complexity index is 785. The Morgan fingerprint density at radius 3 is 2.58 bits per heavy atom. The van der Waals surface area contributed by atoms with E-state index >= 15 is 0 Å². The smallest absolute Gasteiger partial charge is 0.145 e. The first-order chi connectivity index (χ1) is 11.7. The molecule has 2 aromatic carbocycles. The number of ether oxygens (including phenoxy) is 2. The Balaban J connectivity index is 1.82. The maximum absolute atomic E-state index is 5.63. The number of halogens is 1. The summed E-state index contributed by atoms with van der Waals surface area (Å²) >= 11 is 3.52. The van der Waals surface area contributed by atoms with Gasteiger partial charge in [-0.3, -0.25) is 0 Å². The molecule has 0 saturated heterocycles. The molecule has 1 N–H and O–H groups in total. The van der Waals surface area contributed by atoms with E-state index in [0.29, 0.717) is 11.8 Å². The summed E-state index contributed by atoms with van der Waals surface area (Å²) < 4.78 is 12.2. The lowest BCUT2D eigenvalue weighted by molar-refractivity contribution is 0.381. The summed E-state index contributed by atoms with van der Waals surface area (Å²) in [5, 5.41) is 3.74. The molecule has 3 atom stereocenters. The molecule has 1 aliphatic carbocycles. The van der Waals surface area contributed by atoms with Crippen LogP contribution in [0.25, 0.3) is 0 Å². The van der Waals surface area contributed by atoms with Crippen LogP contribution in [0.3, 0.4) is 0 Å². The van der Waals surface area contributed by atoms with Gasteiger partial charge in [0.2, 0.25) is 0 Å². The highest BCUT2D eigenvalue weighted by Gasteiger charge is 2.39. The number of methoxy groups -OCH3 is 2. The topological polar surface area (TPSA) is 30.5 Å². The second-order valence-corrected chi connectivity index (χ2v) is 7.24. The van der Waals surface area contributed by atoms with Crippen LogP contribution in [-0.2, 0) is 0 Å². The third kappa shape index (κ3) is 2.49. The fraction of sp³-hybridized carbons (Fsp3) is 0.300. The third-order valence-corrected chi connectivity index (χ3v) is 5.62.